The van der Waals surface area contributed by atoms with Crippen LogP contribution in [0.5, 0.6) is 5.88 Å². The van der Waals surface area contributed by atoms with Crippen molar-refractivity contribution in [1.29, 1.82) is 0 Å². The number of unbranched alkanes of at least 4 members (excludes halogenated alkanes) is 6. The Morgan fingerprint density at radius 3 is 2.47 bits per heavy atom. The summed E-state index contributed by atoms with van der Waals surface area (Å²) in [6.45, 7) is 13.5. The van der Waals surface area contributed by atoms with Crippen LogP contribution in [0.25, 0.3) is 5.57 Å². The van der Waals surface area contributed by atoms with E-state index < -0.39 is 0 Å². The van der Waals surface area contributed by atoms with E-state index in [1.54, 1.807) is 0 Å². The molecule has 1 amide bonds. The predicted octanol–water partition coefficient (Wildman–Crippen LogP) is 6.80. The molecule has 2 heterocycles. The fraction of sp³-hybridized carbons (Fsp3) is 0.808. The average molecular weight is 498 g/mol. The van der Waals surface area contributed by atoms with Crippen LogP contribution in [0.2, 0.25) is 0 Å². The first-order valence-corrected chi connectivity index (χ1v) is 14.2. The van der Waals surface area contributed by atoms with Crippen molar-refractivity contribution >= 4 is 23.4 Å². The summed E-state index contributed by atoms with van der Waals surface area (Å²) in [6.07, 6.45) is 12.6. The van der Waals surface area contributed by atoms with Crippen molar-refractivity contribution in [2.24, 2.45) is 0 Å². The van der Waals surface area contributed by atoms with Crippen LogP contribution in [-0.2, 0) is 4.74 Å². The second kappa shape index (κ2) is 17.7. The maximum Gasteiger partial charge on any atom is 0.411 e. The van der Waals surface area contributed by atoms with Crippen molar-refractivity contribution in [2.75, 3.05) is 33.3 Å². The zero-order chi connectivity index (χ0) is 25.2. The quantitative estimate of drug-likeness (QED) is 0.213. The molecule has 2 rings (SSSR count). The lowest BCUT2D eigenvalue weighted by atomic mass is 10.0. The second-order valence-corrected chi connectivity index (χ2v) is 9.49. The van der Waals surface area contributed by atoms with Gasteiger partial charge in [0, 0.05) is 25.0 Å². The van der Waals surface area contributed by atoms with Crippen LogP contribution in [-0.4, -0.2) is 58.8 Å². The molecule has 34 heavy (non-hydrogen) atoms. The smallest absolute Gasteiger partial charge is 0.411 e. The van der Waals surface area contributed by atoms with Gasteiger partial charge in [-0.05, 0) is 12.8 Å². The van der Waals surface area contributed by atoms with Crippen molar-refractivity contribution in [3.63, 3.8) is 0 Å². The number of carbonyl (C=O) groups excluding carboxylic acids is 1. The summed E-state index contributed by atoms with van der Waals surface area (Å²) in [4.78, 5) is 12.4. The van der Waals surface area contributed by atoms with Gasteiger partial charge in [-0.15, -0.1) is 4.37 Å². The Morgan fingerprint density at radius 2 is 1.79 bits per heavy atom. The molecular formula is C26H49N4O3S+. The maximum absolute atomic E-state index is 12.4. The highest BCUT2D eigenvalue weighted by Crippen LogP contribution is 2.32. The Labute approximate surface area is 212 Å². The van der Waals surface area contributed by atoms with Crippen LogP contribution in [0, 0.1) is 0 Å². The van der Waals surface area contributed by atoms with Gasteiger partial charge in [0.15, 0.2) is 0 Å². The zero-order valence-electron chi connectivity index (χ0n) is 22.5. The Balaban J connectivity index is 0.00000281. The van der Waals surface area contributed by atoms with Crippen LogP contribution >= 0.6 is 11.7 Å². The van der Waals surface area contributed by atoms with E-state index in [9.17, 15) is 4.79 Å². The third kappa shape index (κ3) is 10.3. The molecule has 0 aromatic carbocycles. The highest BCUT2D eigenvalue weighted by molar-refractivity contribution is 6.99. The summed E-state index contributed by atoms with van der Waals surface area (Å²) in [7, 11) is 2.17. The molecule has 7 nitrogen and oxygen atoms in total. The first-order chi connectivity index (χ1) is 16.5. The van der Waals surface area contributed by atoms with Gasteiger partial charge >= 0.3 is 6.09 Å². The van der Waals surface area contributed by atoms with Gasteiger partial charge in [-0.2, -0.15) is 4.37 Å². The lowest BCUT2D eigenvalue weighted by molar-refractivity contribution is -0.946. The van der Waals surface area contributed by atoms with Gasteiger partial charge in [0.2, 0.25) is 6.23 Å². The average Bonchev–Trinajstić information content (AvgIpc) is 3.32. The van der Waals surface area contributed by atoms with Crippen molar-refractivity contribution in [3.05, 3.63) is 11.8 Å². The number of quaternary nitrogens is 1. The van der Waals surface area contributed by atoms with Gasteiger partial charge in [0.05, 0.1) is 31.9 Å². The van der Waals surface area contributed by atoms with Crippen molar-refractivity contribution in [2.45, 2.75) is 105 Å². The zero-order valence-corrected chi connectivity index (χ0v) is 23.3. The summed E-state index contributed by atoms with van der Waals surface area (Å²) < 4.78 is 21.4. The van der Waals surface area contributed by atoms with E-state index in [1.807, 2.05) is 13.8 Å². The van der Waals surface area contributed by atoms with Gasteiger partial charge in [0.25, 0.3) is 5.88 Å². The van der Waals surface area contributed by atoms with E-state index in [0.29, 0.717) is 23.5 Å². The normalized spacial score (nSPS) is 18.4. The van der Waals surface area contributed by atoms with Crippen molar-refractivity contribution in [1.82, 2.24) is 14.1 Å². The molecule has 0 spiro atoms. The lowest BCUT2D eigenvalue weighted by Crippen LogP contribution is -2.57. The molecule has 8 heteroatoms. The Bertz CT molecular complexity index is 710. The molecule has 1 aromatic heterocycles. The van der Waals surface area contributed by atoms with Crippen LogP contribution < -0.4 is 10.1 Å². The number of hydrogen-bond acceptors (Lipinski definition) is 6. The predicted molar refractivity (Wildman–Crippen MR) is 142 cm³/mol. The fourth-order valence-electron chi connectivity index (χ4n) is 4.21. The van der Waals surface area contributed by atoms with Crippen molar-refractivity contribution in [3.8, 4) is 5.88 Å². The van der Waals surface area contributed by atoms with E-state index in [1.165, 1.54) is 43.8 Å². The van der Waals surface area contributed by atoms with E-state index in [0.717, 1.165) is 56.5 Å². The first-order valence-electron chi connectivity index (χ1n) is 13.5. The monoisotopic (exact) mass is 497 g/mol. The summed E-state index contributed by atoms with van der Waals surface area (Å²) in [5, 5.41) is 2.92. The summed E-state index contributed by atoms with van der Waals surface area (Å²) in [5.74, 6) is 0.644. The molecular weight excluding hydrogens is 448 g/mol. The molecule has 1 aliphatic heterocycles. The van der Waals surface area contributed by atoms with Gasteiger partial charge < -0.3 is 14.8 Å². The minimum Gasteiger partial charge on any atom is -0.475 e. The summed E-state index contributed by atoms with van der Waals surface area (Å²) in [6, 6.07) is 0. The number of nitrogens with zero attached hydrogens (tertiary/aromatic N) is 3. The number of carbonyl (C=O) groups is 1. The molecule has 0 radical (unpaired) electrons. The van der Waals surface area contributed by atoms with Gasteiger partial charge in [-0.25, -0.2) is 4.79 Å². The van der Waals surface area contributed by atoms with E-state index in [2.05, 4.69) is 48.0 Å². The van der Waals surface area contributed by atoms with E-state index in [4.69, 9.17) is 9.47 Å². The first kappa shape index (κ1) is 30.4. The second-order valence-electron chi connectivity index (χ2n) is 8.96. The molecule has 0 saturated heterocycles. The molecule has 0 bridgehead atoms. The fourth-order valence-corrected chi connectivity index (χ4v) is 4.74. The third-order valence-electron chi connectivity index (χ3n) is 6.15. The SMILES string of the molecule is CC.CCCCCCNC(=O)OC(CC)[N+]1(C)CCC=C(c2nsnc2OCCCCCC)C1. The van der Waals surface area contributed by atoms with Crippen LogP contribution in [0.15, 0.2) is 6.08 Å². The molecule has 0 saturated carbocycles. The van der Waals surface area contributed by atoms with Gasteiger partial charge in [-0.3, -0.25) is 4.48 Å². The number of aromatic nitrogens is 2. The van der Waals surface area contributed by atoms with E-state index >= 15 is 0 Å². The molecule has 1 N–H and O–H groups in total. The Morgan fingerprint density at radius 1 is 1.09 bits per heavy atom. The molecule has 2 unspecified atom stereocenters. The molecule has 2 atom stereocenters. The number of alkyl carbamates (subject to hydrolysis) is 1. The van der Waals surface area contributed by atoms with Gasteiger partial charge in [0.1, 0.15) is 12.2 Å². The topological polar surface area (TPSA) is 73.3 Å². The number of hydrogen-bond donors (Lipinski definition) is 1. The third-order valence-corrected chi connectivity index (χ3v) is 6.66. The van der Waals surface area contributed by atoms with Gasteiger partial charge in [-0.1, -0.05) is 79.2 Å². The molecule has 1 aromatic rings. The minimum absolute atomic E-state index is 0.195. The molecule has 1 aliphatic rings. The van der Waals surface area contributed by atoms with E-state index in [-0.39, 0.29) is 12.3 Å². The number of ether oxygens (including phenoxy) is 2. The summed E-state index contributed by atoms with van der Waals surface area (Å²) >= 11 is 1.20. The van der Waals surface area contributed by atoms with Crippen LogP contribution in [0.1, 0.15) is 105 Å². The highest BCUT2D eigenvalue weighted by Gasteiger charge is 2.38. The van der Waals surface area contributed by atoms with Crippen LogP contribution in [0.3, 0.4) is 0 Å². The largest absolute Gasteiger partial charge is 0.475 e. The highest BCUT2D eigenvalue weighted by atomic mass is 32.1. The summed E-state index contributed by atoms with van der Waals surface area (Å²) in [5.41, 5.74) is 1.99. The van der Waals surface area contributed by atoms with Crippen LogP contribution in [0.4, 0.5) is 4.79 Å². The maximum atomic E-state index is 12.4. The lowest BCUT2D eigenvalue weighted by Gasteiger charge is -2.42. The Kier molecular flexibility index (Phi) is 15.8. The van der Waals surface area contributed by atoms with Crippen molar-refractivity contribution < 1.29 is 18.8 Å². The standard InChI is InChI=1S/C24H42N4O3S.C2H6/c1-5-8-10-12-16-25-24(29)31-21(7-3)28(4)17-14-15-20(19-28)22-23(27-32-26-22)30-18-13-11-9-6-2;1-2/h15,21H,5-14,16-19H2,1-4H3;1-2H3/p+1. The Hall–Kier alpha value is -1.67. The molecule has 0 fully saturated rings. The number of likely N-dealkylation sites (N-methyl/N-ethyl adjacent to an activating group) is 1. The minimum atomic E-state index is -0.310. The number of rotatable bonds is 15. The number of nitrogens with one attached hydrogen (secondary N) is 1. The molecule has 0 aliphatic carbocycles. The molecule has 196 valence electrons. The number of amides is 1.